The molecule has 1 aromatic rings. The molecule has 0 heterocycles. The molecular formula is C13H20N2O4S. The molecule has 0 bridgehead atoms. The summed E-state index contributed by atoms with van der Waals surface area (Å²) in [4.78, 5) is 11.7. The largest absolute Gasteiger partial charge is 0.467 e. The number of rotatable bonds is 6. The third-order valence-electron chi connectivity index (χ3n) is 2.87. The van der Waals surface area contributed by atoms with E-state index in [1.165, 1.54) is 33.3 Å². The molecule has 1 aromatic carbocycles. The van der Waals surface area contributed by atoms with Crippen LogP contribution in [-0.2, 0) is 19.6 Å². The van der Waals surface area contributed by atoms with Gasteiger partial charge in [0.25, 0.3) is 0 Å². The second kappa shape index (κ2) is 6.71. The Morgan fingerprint density at radius 3 is 2.25 bits per heavy atom. The van der Waals surface area contributed by atoms with E-state index in [0.29, 0.717) is 12.1 Å². The van der Waals surface area contributed by atoms with Crippen LogP contribution in [0.4, 0.5) is 5.69 Å². The summed E-state index contributed by atoms with van der Waals surface area (Å²) in [6.45, 7) is 1.86. The Hall–Kier alpha value is -1.60. The van der Waals surface area contributed by atoms with Gasteiger partial charge in [0.1, 0.15) is 6.04 Å². The van der Waals surface area contributed by atoms with Crippen molar-refractivity contribution in [3.05, 3.63) is 24.3 Å². The highest BCUT2D eigenvalue weighted by molar-refractivity contribution is 7.89. The molecule has 0 aliphatic carbocycles. The zero-order chi connectivity index (χ0) is 15.3. The molecule has 0 spiro atoms. The highest BCUT2D eigenvalue weighted by Gasteiger charge is 2.18. The standard InChI is InChI=1S/C13H20N2O4S/c1-5-12(13(16)19-4)14-10-6-8-11(9-7-10)20(17,18)15(2)3/h6-9,12,14H,5H2,1-4H3. The van der Waals surface area contributed by atoms with Gasteiger partial charge in [0.2, 0.25) is 10.0 Å². The topological polar surface area (TPSA) is 75.7 Å². The Balaban J connectivity index is 2.90. The van der Waals surface area contributed by atoms with Gasteiger partial charge in [0.05, 0.1) is 12.0 Å². The SMILES string of the molecule is CCC(Nc1ccc(S(=O)(=O)N(C)C)cc1)C(=O)OC. The Morgan fingerprint density at radius 1 is 1.30 bits per heavy atom. The zero-order valence-electron chi connectivity index (χ0n) is 12.1. The molecule has 20 heavy (non-hydrogen) atoms. The monoisotopic (exact) mass is 300 g/mol. The van der Waals surface area contributed by atoms with Crippen molar-refractivity contribution in [1.29, 1.82) is 0 Å². The molecular weight excluding hydrogens is 280 g/mol. The summed E-state index contributed by atoms with van der Waals surface area (Å²) in [6, 6.07) is 5.81. The van der Waals surface area contributed by atoms with E-state index in [1.54, 1.807) is 12.1 Å². The van der Waals surface area contributed by atoms with Gasteiger partial charge in [-0.2, -0.15) is 0 Å². The third-order valence-corrected chi connectivity index (χ3v) is 4.70. The van der Waals surface area contributed by atoms with Crippen LogP contribution in [0.5, 0.6) is 0 Å². The number of nitrogens with one attached hydrogen (secondary N) is 1. The first kappa shape index (κ1) is 16.5. The van der Waals surface area contributed by atoms with Crippen molar-refractivity contribution in [2.75, 3.05) is 26.5 Å². The summed E-state index contributed by atoms with van der Waals surface area (Å²) < 4.78 is 29.6. The highest BCUT2D eigenvalue weighted by Crippen LogP contribution is 2.17. The minimum atomic E-state index is -3.43. The van der Waals surface area contributed by atoms with Crippen molar-refractivity contribution in [2.45, 2.75) is 24.3 Å². The summed E-state index contributed by atoms with van der Waals surface area (Å²) in [5.74, 6) is -0.350. The number of methoxy groups -OCH3 is 1. The van der Waals surface area contributed by atoms with Gasteiger partial charge in [-0.15, -0.1) is 0 Å². The lowest BCUT2D eigenvalue weighted by atomic mass is 10.2. The van der Waals surface area contributed by atoms with Gasteiger partial charge in [-0.05, 0) is 30.7 Å². The molecule has 0 saturated heterocycles. The summed E-state index contributed by atoms with van der Waals surface area (Å²) in [6.07, 6.45) is 0.574. The molecule has 0 fully saturated rings. The highest BCUT2D eigenvalue weighted by atomic mass is 32.2. The number of esters is 1. The molecule has 1 atom stereocenters. The predicted molar refractivity (Wildman–Crippen MR) is 77.0 cm³/mol. The van der Waals surface area contributed by atoms with Crippen molar-refractivity contribution in [3.8, 4) is 0 Å². The first-order chi connectivity index (χ1) is 9.32. The Bertz CT molecular complexity index is 552. The van der Waals surface area contributed by atoms with Gasteiger partial charge in [0, 0.05) is 19.8 Å². The van der Waals surface area contributed by atoms with Gasteiger partial charge in [0.15, 0.2) is 0 Å². The van der Waals surface area contributed by atoms with Crippen LogP contribution in [-0.4, -0.2) is 45.9 Å². The van der Waals surface area contributed by atoms with E-state index in [9.17, 15) is 13.2 Å². The van der Waals surface area contributed by atoms with Gasteiger partial charge in [-0.1, -0.05) is 6.92 Å². The molecule has 1 N–H and O–H groups in total. The average molecular weight is 300 g/mol. The lowest BCUT2D eigenvalue weighted by Crippen LogP contribution is -2.29. The van der Waals surface area contributed by atoms with E-state index in [1.807, 2.05) is 6.92 Å². The molecule has 0 aliphatic heterocycles. The number of benzene rings is 1. The Kier molecular flexibility index (Phi) is 5.52. The maximum atomic E-state index is 11.9. The fourth-order valence-electron chi connectivity index (χ4n) is 1.61. The van der Waals surface area contributed by atoms with Crippen molar-refractivity contribution < 1.29 is 17.9 Å². The van der Waals surface area contributed by atoms with E-state index >= 15 is 0 Å². The maximum absolute atomic E-state index is 11.9. The average Bonchev–Trinajstić information content (AvgIpc) is 2.44. The predicted octanol–water partition coefficient (Wildman–Crippen LogP) is 1.30. The fraction of sp³-hybridized carbons (Fsp3) is 0.462. The summed E-state index contributed by atoms with van der Waals surface area (Å²) in [7, 11) is 0.854. The minimum Gasteiger partial charge on any atom is -0.467 e. The number of hydrogen-bond acceptors (Lipinski definition) is 5. The number of nitrogens with zero attached hydrogens (tertiary/aromatic N) is 1. The van der Waals surface area contributed by atoms with Crippen LogP contribution in [0, 0.1) is 0 Å². The second-order valence-corrected chi connectivity index (χ2v) is 6.59. The first-order valence-corrected chi connectivity index (χ1v) is 7.64. The smallest absolute Gasteiger partial charge is 0.328 e. The van der Waals surface area contributed by atoms with Gasteiger partial charge in [-0.25, -0.2) is 17.5 Å². The van der Waals surface area contributed by atoms with Crippen LogP contribution >= 0.6 is 0 Å². The van der Waals surface area contributed by atoms with Crippen LogP contribution in [0.15, 0.2) is 29.2 Å². The molecule has 0 radical (unpaired) electrons. The van der Waals surface area contributed by atoms with Crippen molar-refractivity contribution >= 4 is 21.7 Å². The number of carbonyl (C=O) groups is 1. The van der Waals surface area contributed by atoms with Crippen LogP contribution in [0.1, 0.15) is 13.3 Å². The number of ether oxygens (including phenoxy) is 1. The van der Waals surface area contributed by atoms with Crippen molar-refractivity contribution in [1.82, 2.24) is 4.31 Å². The van der Waals surface area contributed by atoms with Crippen LogP contribution in [0.25, 0.3) is 0 Å². The number of sulfonamides is 1. The van der Waals surface area contributed by atoms with E-state index in [-0.39, 0.29) is 10.9 Å². The summed E-state index contributed by atoms with van der Waals surface area (Å²) in [5, 5.41) is 3.00. The summed E-state index contributed by atoms with van der Waals surface area (Å²) >= 11 is 0. The van der Waals surface area contributed by atoms with E-state index in [4.69, 9.17) is 0 Å². The molecule has 0 amide bonds. The second-order valence-electron chi connectivity index (χ2n) is 4.44. The van der Waals surface area contributed by atoms with Crippen LogP contribution in [0.3, 0.4) is 0 Å². The van der Waals surface area contributed by atoms with Crippen molar-refractivity contribution in [3.63, 3.8) is 0 Å². The number of anilines is 1. The van der Waals surface area contributed by atoms with E-state index in [2.05, 4.69) is 10.1 Å². The normalized spacial score (nSPS) is 13.1. The molecule has 7 heteroatoms. The Labute approximate surface area is 119 Å². The summed E-state index contributed by atoms with van der Waals surface area (Å²) in [5.41, 5.74) is 0.667. The van der Waals surface area contributed by atoms with Crippen LogP contribution < -0.4 is 5.32 Å². The maximum Gasteiger partial charge on any atom is 0.328 e. The van der Waals surface area contributed by atoms with Gasteiger partial charge in [-0.3, -0.25) is 0 Å². The van der Waals surface area contributed by atoms with Crippen LogP contribution in [0.2, 0.25) is 0 Å². The quantitative estimate of drug-likeness (QED) is 0.801. The number of hydrogen-bond donors (Lipinski definition) is 1. The first-order valence-electron chi connectivity index (χ1n) is 6.20. The molecule has 0 aliphatic rings. The molecule has 1 rings (SSSR count). The molecule has 6 nitrogen and oxygen atoms in total. The third kappa shape index (κ3) is 3.71. The van der Waals surface area contributed by atoms with E-state index in [0.717, 1.165) is 4.31 Å². The fourth-order valence-corrected chi connectivity index (χ4v) is 2.51. The lowest BCUT2D eigenvalue weighted by molar-refractivity contribution is -0.141. The zero-order valence-corrected chi connectivity index (χ0v) is 12.9. The minimum absolute atomic E-state index is 0.208. The molecule has 1 unspecified atom stereocenters. The molecule has 0 aromatic heterocycles. The Morgan fingerprint density at radius 2 is 1.85 bits per heavy atom. The lowest BCUT2D eigenvalue weighted by Gasteiger charge is -2.16. The van der Waals surface area contributed by atoms with Gasteiger partial charge >= 0.3 is 5.97 Å². The van der Waals surface area contributed by atoms with Gasteiger partial charge < -0.3 is 10.1 Å². The van der Waals surface area contributed by atoms with E-state index < -0.39 is 16.1 Å². The molecule has 112 valence electrons. The van der Waals surface area contributed by atoms with Crippen molar-refractivity contribution in [2.24, 2.45) is 0 Å². The molecule has 0 saturated carbocycles. The number of carbonyl (C=O) groups excluding carboxylic acids is 1.